The van der Waals surface area contributed by atoms with Gasteiger partial charge in [0.1, 0.15) is 5.75 Å². The lowest BCUT2D eigenvalue weighted by molar-refractivity contribution is -0.137. The van der Waals surface area contributed by atoms with Crippen molar-refractivity contribution in [3.8, 4) is 16.9 Å². The number of phenolic OH excluding ortho intramolecular Hbond substituents is 1. The zero-order valence-electron chi connectivity index (χ0n) is 21.1. The SMILES string of the molecule is CCN(CC)C(=O)c1ccc(N2CCN(Cc3cc(-c4cccc(O)c4)cc(C(F)(F)F)c3)CC2)cc1. The third-order valence-electron chi connectivity index (χ3n) is 6.81. The van der Waals surface area contributed by atoms with Crippen LogP contribution in [-0.2, 0) is 12.7 Å². The predicted molar refractivity (Wildman–Crippen MR) is 140 cm³/mol. The van der Waals surface area contributed by atoms with E-state index in [9.17, 15) is 23.1 Å². The highest BCUT2D eigenvalue weighted by atomic mass is 19.4. The molecule has 0 unspecified atom stereocenters. The van der Waals surface area contributed by atoms with Crippen LogP contribution >= 0.6 is 0 Å². The van der Waals surface area contributed by atoms with Crippen LogP contribution in [-0.4, -0.2) is 60.1 Å². The summed E-state index contributed by atoms with van der Waals surface area (Å²) in [5.74, 6) is 0.0329. The van der Waals surface area contributed by atoms with Gasteiger partial charge >= 0.3 is 6.18 Å². The first-order valence-corrected chi connectivity index (χ1v) is 12.5. The Kier molecular flexibility index (Phi) is 8.07. The Bertz CT molecular complexity index is 1220. The van der Waals surface area contributed by atoms with Gasteiger partial charge in [-0.05, 0) is 85.1 Å². The number of benzene rings is 3. The zero-order chi connectivity index (χ0) is 26.6. The second-order valence-corrected chi connectivity index (χ2v) is 9.25. The Morgan fingerprint density at radius 2 is 1.57 bits per heavy atom. The van der Waals surface area contributed by atoms with Crippen LogP contribution in [0.15, 0.2) is 66.7 Å². The van der Waals surface area contributed by atoms with E-state index in [4.69, 9.17) is 0 Å². The number of alkyl halides is 3. The lowest BCUT2D eigenvalue weighted by atomic mass is 9.99. The van der Waals surface area contributed by atoms with Gasteiger partial charge < -0.3 is 14.9 Å². The molecule has 1 fully saturated rings. The highest BCUT2D eigenvalue weighted by Crippen LogP contribution is 2.34. The van der Waals surface area contributed by atoms with E-state index in [-0.39, 0.29) is 11.7 Å². The Balaban J connectivity index is 1.43. The van der Waals surface area contributed by atoms with Gasteiger partial charge in [0.15, 0.2) is 0 Å². The Morgan fingerprint density at radius 1 is 0.892 bits per heavy atom. The van der Waals surface area contributed by atoms with Crippen LogP contribution < -0.4 is 4.90 Å². The molecule has 3 aromatic rings. The normalized spacial score (nSPS) is 14.6. The molecule has 0 aliphatic carbocycles. The van der Waals surface area contributed by atoms with Gasteiger partial charge in [0.2, 0.25) is 0 Å². The standard InChI is InChI=1S/C29H32F3N3O2/c1-3-34(4-2)28(37)22-8-10-26(11-9-22)35-14-12-33(13-15-35)20-21-16-24(18-25(17-21)29(30,31)32)23-6-5-7-27(36)19-23/h5-11,16-19,36H,3-4,12-15,20H2,1-2H3. The van der Waals surface area contributed by atoms with Crippen molar-refractivity contribution in [3.05, 3.63) is 83.4 Å². The van der Waals surface area contributed by atoms with E-state index in [2.05, 4.69) is 9.80 Å². The molecular weight excluding hydrogens is 479 g/mol. The van der Waals surface area contributed by atoms with Crippen molar-refractivity contribution >= 4 is 11.6 Å². The van der Waals surface area contributed by atoms with Gasteiger partial charge in [0, 0.05) is 57.1 Å². The van der Waals surface area contributed by atoms with E-state index in [1.54, 1.807) is 23.1 Å². The molecule has 1 aliphatic heterocycles. The van der Waals surface area contributed by atoms with Crippen molar-refractivity contribution in [1.82, 2.24) is 9.80 Å². The van der Waals surface area contributed by atoms with Gasteiger partial charge in [-0.15, -0.1) is 0 Å². The Morgan fingerprint density at radius 3 is 2.16 bits per heavy atom. The number of carbonyl (C=O) groups excluding carboxylic acids is 1. The van der Waals surface area contributed by atoms with Gasteiger partial charge in [-0.3, -0.25) is 9.69 Å². The second-order valence-electron chi connectivity index (χ2n) is 9.25. The maximum atomic E-state index is 13.6. The third kappa shape index (κ3) is 6.43. The minimum Gasteiger partial charge on any atom is -0.508 e. The number of hydrogen-bond acceptors (Lipinski definition) is 4. The summed E-state index contributed by atoms with van der Waals surface area (Å²) in [6, 6.07) is 18.0. The molecule has 1 N–H and O–H groups in total. The number of carbonyl (C=O) groups is 1. The van der Waals surface area contributed by atoms with E-state index >= 15 is 0 Å². The first kappa shape index (κ1) is 26.5. The number of anilines is 1. The van der Waals surface area contributed by atoms with Crippen LogP contribution in [0.3, 0.4) is 0 Å². The monoisotopic (exact) mass is 511 g/mol. The summed E-state index contributed by atoms with van der Waals surface area (Å²) in [6.45, 7) is 8.55. The summed E-state index contributed by atoms with van der Waals surface area (Å²) >= 11 is 0. The van der Waals surface area contributed by atoms with E-state index in [1.165, 1.54) is 18.2 Å². The minimum atomic E-state index is -4.46. The molecule has 0 atom stereocenters. The molecular formula is C29H32F3N3O2. The van der Waals surface area contributed by atoms with Crippen LogP contribution in [0.5, 0.6) is 5.75 Å². The van der Waals surface area contributed by atoms with Crippen molar-refractivity contribution in [2.45, 2.75) is 26.6 Å². The summed E-state index contributed by atoms with van der Waals surface area (Å²) in [5.41, 5.74) is 2.56. The van der Waals surface area contributed by atoms with Crippen molar-refractivity contribution in [2.24, 2.45) is 0 Å². The maximum Gasteiger partial charge on any atom is 0.416 e. The number of piperazine rings is 1. The molecule has 37 heavy (non-hydrogen) atoms. The van der Waals surface area contributed by atoms with E-state index in [0.717, 1.165) is 24.8 Å². The molecule has 4 rings (SSSR count). The van der Waals surface area contributed by atoms with Gasteiger partial charge in [0.25, 0.3) is 5.91 Å². The summed E-state index contributed by atoms with van der Waals surface area (Å²) in [4.78, 5) is 18.7. The van der Waals surface area contributed by atoms with Gasteiger partial charge in [-0.1, -0.05) is 12.1 Å². The predicted octanol–water partition coefficient (Wildman–Crippen LogP) is 5.88. The smallest absolute Gasteiger partial charge is 0.416 e. The number of aromatic hydroxyl groups is 1. The number of amides is 1. The number of hydrogen-bond donors (Lipinski definition) is 1. The quantitative estimate of drug-likeness (QED) is 0.430. The molecule has 5 nitrogen and oxygen atoms in total. The summed E-state index contributed by atoms with van der Waals surface area (Å²) in [5, 5.41) is 9.79. The Hall–Kier alpha value is -3.52. The average molecular weight is 512 g/mol. The summed E-state index contributed by atoms with van der Waals surface area (Å²) in [7, 11) is 0. The van der Waals surface area contributed by atoms with Crippen molar-refractivity contribution in [1.29, 1.82) is 0 Å². The average Bonchev–Trinajstić information content (AvgIpc) is 2.89. The molecule has 0 aromatic heterocycles. The van der Waals surface area contributed by atoms with Crippen LogP contribution in [0.1, 0.15) is 35.3 Å². The van der Waals surface area contributed by atoms with Crippen molar-refractivity contribution in [3.63, 3.8) is 0 Å². The minimum absolute atomic E-state index is 0.0121. The second kappa shape index (κ2) is 11.3. The van der Waals surface area contributed by atoms with Gasteiger partial charge in [-0.2, -0.15) is 13.2 Å². The molecule has 0 saturated carbocycles. The van der Waals surface area contributed by atoms with E-state index < -0.39 is 11.7 Å². The highest BCUT2D eigenvalue weighted by Gasteiger charge is 2.31. The number of rotatable bonds is 7. The lowest BCUT2D eigenvalue weighted by Crippen LogP contribution is -2.46. The molecule has 0 spiro atoms. The number of halogens is 3. The van der Waals surface area contributed by atoms with Crippen LogP contribution in [0, 0.1) is 0 Å². The molecule has 1 heterocycles. The van der Waals surface area contributed by atoms with Gasteiger partial charge in [0.05, 0.1) is 5.56 Å². The van der Waals surface area contributed by atoms with E-state index in [1.807, 2.05) is 38.1 Å². The largest absolute Gasteiger partial charge is 0.508 e. The van der Waals surface area contributed by atoms with Crippen molar-refractivity contribution < 1.29 is 23.1 Å². The summed E-state index contributed by atoms with van der Waals surface area (Å²) < 4.78 is 40.9. The number of nitrogens with zero attached hydrogens (tertiary/aromatic N) is 3. The van der Waals surface area contributed by atoms with Crippen molar-refractivity contribution in [2.75, 3.05) is 44.2 Å². The van der Waals surface area contributed by atoms with Crippen LogP contribution in [0.2, 0.25) is 0 Å². The summed E-state index contributed by atoms with van der Waals surface area (Å²) in [6.07, 6.45) is -4.46. The lowest BCUT2D eigenvalue weighted by Gasteiger charge is -2.36. The highest BCUT2D eigenvalue weighted by molar-refractivity contribution is 5.94. The molecule has 1 amide bonds. The molecule has 3 aromatic carbocycles. The zero-order valence-corrected chi connectivity index (χ0v) is 21.1. The third-order valence-corrected chi connectivity index (χ3v) is 6.81. The molecule has 1 saturated heterocycles. The van der Waals surface area contributed by atoms with Gasteiger partial charge in [-0.25, -0.2) is 0 Å². The molecule has 1 aliphatic rings. The number of phenols is 1. The Labute approximate surface area is 215 Å². The fraction of sp³-hybridized carbons (Fsp3) is 0.345. The first-order chi connectivity index (χ1) is 17.7. The van der Waals surface area contributed by atoms with Crippen LogP contribution in [0.25, 0.3) is 11.1 Å². The van der Waals surface area contributed by atoms with E-state index in [0.29, 0.717) is 55.0 Å². The fourth-order valence-corrected chi connectivity index (χ4v) is 4.73. The first-order valence-electron chi connectivity index (χ1n) is 12.5. The molecule has 0 bridgehead atoms. The topological polar surface area (TPSA) is 47.0 Å². The van der Waals surface area contributed by atoms with Crippen LogP contribution in [0.4, 0.5) is 18.9 Å². The molecule has 0 radical (unpaired) electrons. The maximum absolute atomic E-state index is 13.6. The molecule has 196 valence electrons. The fourth-order valence-electron chi connectivity index (χ4n) is 4.73. The molecule has 8 heteroatoms.